The highest BCUT2D eigenvalue weighted by molar-refractivity contribution is 6.33. The third kappa shape index (κ3) is 6.58. The van der Waals surface area contributed by atoms with Crippen LogP contribution in [0.4, 0.5) is 0 Å². The third-order valence-electron chi connectivity index (χ3n) is 4.49. The van der Waals surface area contributed by atoms with E-state index in [9.17, 15) is 14.4 Å². The maximum Gasteiger partial charge on any atom is 0.253 e. The highest BCUT2D eigenvalue weighted by Crippen LogP contribution is 2.21. The van der Waals surface area contributed by atoms with Gasteiger partial charge in [-0.1, -0.05) is 54.1 Å². The van der Waals surface area contributed by atoms with Gasteiger partial charge in [-0.05, 0) is 42.0 Å². The van der Waals surface area contributed by atoms with Crippen molar-refractivity contribution in [3.8, 4) is 11.5 Å². The first-order valence-electron chi connectivity index (χ1n) is 9.85. The van der Waals surface area contributed by atoms with Crippen molar-refractivity contribution in [2.45, 2.75) is 19.0 Å². The maximum atomic E-state index is 12.7. The lowest BCUT2D eigenvalue weighted by Crippen LogP contribution is -2.48. The zero-order valence-electron chi connectivity index (χ0n) is 17.1. The second-order valence-corrected chi connectivity index (χ2v) is 7.36. The van der Waals surface area contributed by atoms with Gasteiger partial charge < -0.3 is 21.1 Å². The predicted octanol–water partition coefficient (Wildman–Crippen LogP) is 3.42. The van der Waals surface area contributed by atoms with Gasteiger partial charge in [0.25, 0.3) is 5.91 Å². The van der Waals surface area contributed by atoms with Crippen molar-refractivity contribution >= 4 is 29.3 Å². The van der Waals surface area contributed by atoms with Crippen molar-refractivity contribution < 1.29 is 19.1 Å². The molecule has 164 valence electrons. The Bertz CT molecular complexity index is 1110. The van der Waals surface area contributed by atoms with E-state index in [4.69, 9.17) is 22.1 Å². The summed E-state index contributed by atoms with van der Waals surface area (Å²) >= 11 is 6.04. The summed E-state index contributed by atoms with van der Waals surface area (Å²) in [6.45, 7) is 0.169. The second kappa shape index (κ2) is 11.0. The minimum atomic E-state index is -1.14. The van der Waals surface area contributed by atoms with E-state index in [0.717, 1.165) is 5.56 Å². The monoisotopic (exact) mass is 451 g/mol. The number of nitrogens with one attached hydrogen (secondary N) is 2. The van der Waals surface area contributed by atoms with E-state index < -0.39 is 23.8 Å². The fourth-order valence-corrected chi connectivity index (χ4v) is 3.17. The first-order valence-corrected chi connectivity index (χ1v) is 10.2. The number of carbonyl (C=O) groups excluding carboxylic acids is 3. The molecule has 4 N–H and O–H groups in total. The SMILES string of the molecule is NC(=O)CC(NC(=O)c1ccccc1Cl)C(=O)NCc1cccc(Oc2ccccc2)c1. The molecule has 3 aromatic rings. The Hall–Kier alpha value is -3.84. The van der Waals surface area contributed by atoms with Gasteiger partial charge in [-0.15, -0.1) is 0 Å². The van der Waals surface area contributed by atoms with Crippen molar-refractivity contribution in [1.82, 2.24) is 10.6 Å². The number of rotatable bonds is 9. The molecule has 0 aromatic heterocycles. The van der Waals surface area contributed by atoms with Crippen molar-refractivity contribution in [3.63, 3.8) is 0 Å². The molecule has 3 rings (SSSR count). The molecule has 8 heteroatoms. The average molecular weight is 452 g/mol. The molecular weight excluding hydrogens is 430 g/mol. The summed E-state index contributed by atoms with van der Waals surface area (Å²) in [5, 5.41) is 5.48. The van der Waals surface area contributed by atoms with Crippen LogP contribution in [0.1, 0.15) is 22.3 Å². The Morgan fingerprint density at radius 2 is 1.59 bits per heavy atom. The molecule has 0 heterocycles. The summed E-state index contributed by atoms with van der Waals surface area (Å²) in [7, 11) is 0. The Morgan fingerprint density at radius 1 is 0.906 bits per heavy atom. The van der Waals surface area contributed by atoms with E-state index in [0.29, 0.717) is 11.5 Å². The van der Waals surface area contributed by atoms with Crippen LogP contribution in [-0.2, 0) is 16.1 Å². The number of primary amides is 1. The molecular formula is C24H22ClN3O4. The van der Waals surface area contributed by atoms with Crippen LogP contribution in [0.3, 0.4) is 0 Å². The zero-order valence-corrected chi connectivity index (χ0v) is 17.8. The molecule has 0 spiro atoms. The quantitative estimate of drug-likeness (QED) is 0.463. The van der Waals surface area contributed by atoms with Crippen LogP contribution in [0, 0.1) is 0 Å². The molecule has 1 unspecified atom stereocenters. The Morgan fingerprint density at radius 3 is 2.31 bits per heavy atom. The van der Waals surface area contributed by atoms with E-state index in [2.05, 4.69) is 10.6 Å². The summed E-state index contributed by atoms with van der Waals surface area (Å²) in [4.78, 5) is 36.6. The molecule has 0 aliphatic heterocycles. The normalized spacial score (nSPS) is 11.3. The Balaban J connectivity index is 1.64. The number of hydrogen-bond donors (Lipinski definition) is 3. The zero-order chi connectivity index (χ0) is 22.9. The lowest BCUT2D eigenvalue weighted by atomic mass is 10.1. The fourth-order valence-electron chi connectivity index (χ4n) is 2.95. The minimum Gasteiger partial charge on any atom is -0.457 e. The molecule has 0 saturated carbocycles. The molecule has 0 fully saturated rings. The summed E-state index contributed by atoms with van der Waals surface area (Å²) < 4.78 is 5.80. The Kier molecular flexibility index (Phi) is 7.83. The summed E-state index contributed by atoms with van der Waals surface area (Å²) in [6.07, 6.45) is -0.348. The van der Waals surface area contributed by atoms with Crippen LogP contribution in [0.5, 0.6) is 11.5 Å². The maximum absolute atomic E-state index is 12.7. The molecule has 3 amide bonds. The molecule has 7 nitrogen and oxygen atoms in total. The number of para-hydroxylation sites is 1. The van der Waals surface area contributed by atoms with Crippen molar-refractivity contribution in [2.75, 3.05) is 0 Å². The summed E-state index contributed by atoms with van der Waals surface area (Å²) in [6, 6.07) is 21.8. The Labute approximate surface area is 190 Å². The number of benzene rings is 3. The van der Waals surface area contributed by atoms with E-state index >= 15 is 0 Å². The van der Waals surface area contributed by atoms with Gasteiger partial charge in [0.05, 0.1) is 17.0 Å². The number of halogens is 1. The molecule has 1 atom stereocenters. The lowest BCUT2D eigenvalue weighted by Gasteiger charge is -2.18. The van der Waals surface area contributed by atoms with Crippen LogP contribution in [-0.4, -0.2) is 23.8 Å². The van der Waals surface area contributed by atoms with E-state index in [1.165, 1.54) is 6.07 Å². The number of amides is 3. The molecule has 32 heavy (non-hydrogen) atoms. The number of carbonyl (C=O) groups is 3. The van der Waals surface area contributed by atoms with Gasteiger partial charge in [0.15, 0.2) is 0 Å². The molecule has 0 aliphatic rings. The highest BCUT2D eigenvalue weighted by atomic mass is 35.5. The van der Waals surface area contributed by atoms with Gasteiger partial charge >= 0.3 is 0 Å². The van der Waals surface area contributed by atoms with Crippen molar-refractivity contribution in [2.24, 2.45) is 5.73 Å². The van der Waals surface area contributed by atoms with Crippen LogP contribution in [0.15, 0.2) is 78.9 Å². The number of nitrogens with two attached hydrogens (primary N) is 1. The molecule has 3 aromatic carbocycles. The molecule has 0 aliphatic carbocycles. The average Bonchev–Trinajstić information content (AvgIpc) is 2.78. The predicted molar refractivity (Wildman–Crippen MR) is 121 cm³/mol. The van der Waals surface area contributed by atoms with Crippen LogP contribution in [0.2, 0.25) is 5.02 Å². The number of ether oxygens (including phenoxy) is 1. The van der Waals surface area contributed by atoms with E-state index in [-0.39, 0.29) is 23.6 Å². The largest absolute Gasteiger partial charge is 0.457 e. The van der Waals surface area contributed by atoms with Gasteiger partial charge in [-0.2, -0.15) is 0 Å². The van der Waals surface area contributed by atoms with Crippen LogP contribution >= 0.6 is 11.6 Å². The van der Waals surface area contributed by atoms with Gasteiger partial charge in [0, 0.05) is 6.54 Å². The summed E-state index contributed by atoms with van der Waals surface area (Å²) in [5.41, 5.74) is 6.24. The van der Waals surface area contributed by atoms with Gasteiger partial charge in [0.2, 0.25) is 11.8 Å². The smallest absolute Gasteiger partial charge is 0.253 e. The number of hydrogen-bond acceptors (Lipinski definition) is 4. The van der Waals surface area contributed by atoms with Crippen LogP contribution in [0.25, 0.3) is 0 Å². The molecule has 0 radical (unpaired) electrons. The van der Waals surface area contributed by atoms with E-state index in [1.807, 2.05) is 36.4 Å². The second-order valence-electron chi connectivity index (χ2n) is 6.96. The third-order valence-corrected chi connectivity index (χ3v) is 4.82. The summed E-state index contributed by atoms with van der Waals surface area (Å²) in [5.74, 6) is -0.530. The first-order chi connectivity index (χ1) is 15.4. The molecule has 0 saturated heterocycles. The topological polar surface area (TPSA) is 111 Å². The van der Waals surface area contributed by atoms with Gasteiger partial charge in [0.1, 0.15) is 17.5 Å². The standard InChI is InChI=1S/C24H22ClN3O4/c25-20-12-5-4-11-19(20)23(30)28-21(14-22(26)29)24(31)27-15-16-7-6-10-18(13-16)32-17-8-2-1-3-9-17/h1-13,21H,14-15H2,(H2,26,29)(H,27,31)(H,28,30). The molecule has 0 bridgehead atoms. The first kappa shape index (κ1) is 22.8. The lowest BCUT2D eigenvalue weighted by molar-refractivity contribution is -0.127. The minimum absolute atomic E-state index is 0.169. The fraction of sp³-hybridized carbons (Fsp3) is 0.125. The van der Waals surface area contributed by atoms with Crippen LogP contribution < -0.4 is 21.1 Å². The van der Waals surface area contributed by atoms with Crippen molar-refractivity contribution in [3.05, 3.63) is 95.0 Å². The highest BCUT2D eigenvalue weighted by Gasteiger charge is 2.24. The van der Waals surface area contributed by atoms with Crippen molar-refractivity contribution in [1.29, 1.82) is 0 Å². The van der Waals surface area contributed by atoms with E-state index in [1.54, 1.807) is 36.4 Å². The van der Waals surface area contributed by atoms with Gasteiger partial charge in [-0.25, -0.2) is 0 Å². The van der Waals surface area contributed by atoms with Gasteiger partial charge in [-0.3, -0.25) is 14.4 Å².